The number of para-hydroxylation sites is 1. The highest BCUT2D eigenvalue weighted by atomic mass is 16.5. The fourth-order valence-corrected chi connectivity index (χ4v) is 6.98. The van der Waals surface area contributed by atoms with Gasteiger partial charge in [-0.15, -0.1) is 11.7 Å². The average Bonchev–Trinajstić information content (AvgIpc) is 3.65. The van der Waals surface area contributed by atoms with E-state index in [-0.39, 0.29) is 12.1 Å². The van der Waals surface area contributed by atoms with E-state index in [2.05, 4.69) is 57.1 Å². The second kappa shape index (κ2) is 11.9. The molecule has 3 saturated heterocycles. The summed E-state index contributed by atoms with van der Waals surface area (Å²) in [6.45, 7) is 10.1. The van der Waals surface area contributed by atoms with E-state index in [1.807, 2.05) is 42.2 Å². The van der Waals surface area contributed by atoms with Gasteiger partial charge in [0, 0.05) is 42.7 Å². The van der Waals surface area contributed by atoms with E-state index < -0.39 is 0 Å². The van der Waals surface area contributed by atoms with Gasteiger partial charge in [0.15, 0.2) is 0 Å². The number of pyridine rings is 1. The van der Waals surface area contributed by atoms with E-state index in [1.165, 1.54) is 12.0 Å². The molecule has 0 aliphatic carbocycles. The number of nitrogens with zero attached hydrogens (tertiary/aromatic N) is 5. The SMILES string of the molecule is C=CC1CN2CCC1C[C@H]2C(OCc1cn(CCCOc2cc3c(cc2C)C(=O)OC3)nn1)c1ccnc2ccccc12. The molecule has 0 saturated carbocycles. The van der Waals surface area contributed by atoms with Gasteiger partial charge in [-0.3, -0.25) is 14.6 Å². The van der Waals surface area contributed by atoms with Crippen LogP contribution < -0.4 is 4.74 Å². The highest BCUT2D eigenvalue weighted by molar-refractivity contribution is 5.93. The third-order valence-electron chi connectivity index (χ3n) is 9.26. The van der Waals surface area contributed by atoms with Crippen molar-refractivity contribution < 1.29 is 19.0 Å². The topological polar surface area (TPSA) is 91.6 Å². The molecule has 4 unspecified atom stereocenters. The van der Waals surface area contributed by atoms with Crippen LogP contribution in [-0.4, -0.2) is 56.6 Å². The van der Waals surface area contributed by atoms with Crippen molar-refractivity contribution in [2.45, 2.75) is 58.1 Å². The van der Waals surface area contributed by atoms with Crippen molar-refractivity contribution in [2.75, 3.05) is 19.7 Å². The van der Waals surface area contributed by atoms with Crippen LogP contribution in [0.15, 0.2) is 67.5 Å². The second-order valence-corrected chi connectivity index (χ2v) is 11.9. The Morgan fingerprint density at radius 1 is 1.23 bits per heavy atom. The predicted molar refractivity (Wildman–Crippen MR) is 161 cm³/mol. The Morgan fingerprint density at radius 3 is 3.00 bits per heavy atom. The molecule has 9 heteroatoms. The Morgan fingerprint density at radius 2 is 2.14 bits per heavy atom. The zero-order chi connectivity index (χ0) is 29.3. The molecule has 43 heavy (non-hydrogen) atoms. The Labute approximate surface area is 251 Å². The number of hydrogen-bond acceptors (Lipinski definition) is 8. The van der Waals surface area contributed by atoms with Crippen LogP contribution in [0.3, 0.4) is 0 Å². The first-order chi connectivity index (χ1) is 21.1. The first-order valence-corrected chi connectivity index (χ1v) is 15.2. The minimum absolute atomic E-state index is 0.101. The number of carbonyl (C=O) groups is 1. The summed E-state index contributed by atoms with van der Waals surface area (Å²) in [6, 6.07) is 14.5. The molecule has 0 spiro atoms. The van der Waals surface area contributed by atoms with E-state index in [9.17, 15) is 4.79 Å². The molecule has 4 aliphatic heterocycles. The smallest absolute Gasteiger partial charge is 0.338 e. The number of fused-ring (bicyclic) bond motifs is 5. The normalized spacial score (nSPS) is 23.2. The quantitative estimate of drug-likeness (QED) is 0.132. The van der Waals surface area contributed by atoms with Crippen molar-refractivity contribution in [1.29, 1.82) is 0 Å². The highest BCUT2D eigenvalue weighted by Crippen LogP contribution is 2.43. The molecule has 2 aromatic carbocycles. The van der Waals surface area contributed by atoms with Gasteiger partial charge in [-0.1, -0.05) is 29.5 Å². The molecule has 0 N–H and O–H groups in total. The van der Waals surface area contributed by atoms with Crippen molar-refractivity contribution in [2.24, 2.45) is 11.8 Å². The molecule has 4 aliphatic rings. The van der Waals surface area contributed by atoms with E-state index in [4.69, 9.17) is 14.2 Å². The van der Waals surface area contributed by atoms with Crippen LogP contribution in [0.2, 0.25) is 0 Å². The lowest BCUT2D eigenvalue weighted by Crippen LogP contribution is -2.55. The number of hydrogen-bond donors (Lipinski definition) is 0. The molecule has 2 bridgehead atoms. The molecule has 4 aromatic rings. The standard InChI is InChI=1S/C34H37N5O4/c1-3-23-18-38-13-10-24(23)16-31(38)33(28-9-11-35-30-8-5-4-7-27(28)30)42-21-26-19-39(37-36-26)12-6-14-41-32-17-25-20-43-34(40)29(25)15-22(32)2/h3-5,7-9,11,15,17,19,23-24,31,33H,1,6,10,12-14,16,18,20-21H2,2H3/t23?,24?,31-,33?/m0/s1. The second-order valence-electron chi connectivity index (χ2n) is 11.9. The van der Waals surface area contributed by atoms with Gasteiger partial charge in [0.05, 0.1) is 36.6 Å². The number of aromatic nitrogens is 4. The molecule has 2 aromatic heterocycles. The highest BCUT2D eigenvalue weighted by Gasteiger charge is 2.43. The van der Waals surface area contributed by atoms with Crippen molar-refractivity contribution in [3.05, 3.63) is 95.5 Å². The number of aryl methyl sites for hydroxylation is 2. The maximum atomic E-state index is 11.8. The number of piperidine rings is 3. The Bertz CT molecular complexity index is 1650. The lowest BCUT2D eigenvalue weighted by Gasteiger charge is -2.51. The zero-order valence-electron chi connectivity index (χ0n) is 24.5. The third-order valence-corrected chi connectivity index (χ3v) is 9.26. The summed E-state index contributed by atoms with van der Waals surface area (Å²) < 4.78 is 19.8. The van der Waals surface area contributed by atoms with Crippen LogP contribution in [0.25, 0.3) is 10.9 Å². The monoisotopic (exact) mass is 579 g/mol. The molecule has 8 rings (SSSR count). The number of carbonyl (C=O) groups excluding carboxylic acids is 1. The van der Waals surface area contributed by atoms with Crippen LogP contribution in [-0.2, 0) is 29.2 Å². The number of ether oxygens (including phenoxy) is 3. The fraction of sp³-hybridized carbons (Fsp3) is 0.412. The summed E-state index contributed by atoms with van der Waals surface area (Å²) in [5, 5.41) is 9.91. The predicted octanol–water partition coefficient (Wildman–Crippen LogP) is 5.43. The molecule has 6 heterocycles. The lowest BCUT2D eigenvalue weighted by molar-refractivity contribution is -0.0809. The van der Waals surface area contributed by atoms with Gasteiger partial charge in [0.2, 0.25) is 0 Å². The van der Waals surface area contributed by atoms with Gasteiger partial charge in [0.25, 0.3) is 0 Å². The summed E-state index contributed by atoms with van der Waals surface area (Å²) in [5.41, 5.74) is 5.41. The van der Waals surface area contributed by atoms with E-state index in [0.29, 0.717) is 49.8 Å². The van der Waals surface area contributed by atoms with Gasteiger partial charge < -0.3 is 14.2 Å². The van der Waals surface area contributed by atoms with Gasteiger partial charge in [-0.25, -0.2) is 4.79 Å². The summed E-state index contributed by atoms with van der Waals surface area (Å²) >= 11 is 0. The fourth-order valence-electron chi connectivity index (χ4n) is 6.98. The van der Waals surface area contributed by atoms with Crippen molar-refractivity contribution in [3.63, 3.8) is 0 Å². The zero-order valence-corrected chi connectivity index (χ0v) is 24.5. The van der Waals surface area contributed by atoms with Gasteiger partial charge in [-0.2, -0.15) is 0 Å². The lowest BCUT2D eigenvalue weighted by atomic mass is 9.73. The molecule has 5 atom stereocenters. The molecule has 0 amide bonds. The molecule has 3 fully saturated rings. The maximum Gasteiger partial charge on any atom is 0.338 e. The summed E-state index contributed by atoms with van der Waals surface area (Å²) in [5.74, 6) is 1.71. The molecular formula is C34H37N5O4. The van der Waals surface area contributed by atoms with Crippen LogP contribution in [0.1, 0.15) is 58.1 Å². The summed E-state index contributed by atoms with van der Waals surface area (Å²) in [4.78, 5) is 19.0. The van der Waals surface area contributed by atoms with Crippen LogP contribution in [0, 0.1) is 18.8 Å². The van der Waals surface area contributed by atoms with Crippen LogP contribution in [0.4, 0.5) is 0 Å². The van der Waals surface area contributed by atoms with E-state index in [1.54, 1.807) is 0 Å². The van der Waals surface area contributed by atoms with Gasteiger partial charge >= 0.3 is 5.97 Å². The minimum Gasteiger partial charge on any atom is -0.493 e. The average molecular weight is 580 g/mol. The number of cyclic esters (lactones) is 1. The molecule has 9 nitrogen and oxygen atoms in total. The largest absolute Gasteiger partial charge is 0.493 e. The van der Waals surface area contributed by atoms with Crippen molar-refractivity contribution in [3.8, 4) is 5.75 Å². The Kier molecular flexibility index (Phi) is 7.67. The molecular weight excluding hydrogens is 542 g/mol. The summed E-state index contributed by atoms with van der Waals surface area (Å²) in [6.07, 6.45) is 8.98. The third kappa shape index (κ3) is 5.55. The Hall–Kier alpha value is -4.08. The molecule has 222 valence electrons. The number of benzene rings is 2. The number of rotatable bonds is 11. The van der Waals surface area contributed by atoms with Crippen LogP contribution in [0.5, 0.6) is 5.75 Å². The van der Waals surface area contributed by atoms with Crippen molar-refractivity contribution >= 4 is 16.9 Å². The van der Waals surface area contributed by atoms with Gasteiger partial charge in [-0.05, 0) is 73.5 Å². The van der Waals surface area contributed by atoms with Crippen molar-refractivity contribution in [1.82, 2.24) is 24.9 Å². The summed E-state index contributed by atoms with van der Waals surface area (Å²) in [7, 11) is 0. The Balaban J connectivity index is 1.01. The first kappa shape index (κ1) is 27.7. The molecule has 0 radical (unpaired) electrons. The van der Waals surface area contributed by atoms with Crippen LogP contribution >= 0.6 is 0 Å². The minimum atomic E-state index is -0.263. The van der Waals surface area contributed by atoms with E-state index >= 15 is 0 Å². The first-order valence-electron chi connectivity index (χ1n) is 15.2. The number of esters is 1. The maximum absolute atomic E-state index is 11.8. The van der Waals surface area contributed by atoms with Gasteiger partial charge in [0.1, 0.15) is 18.1 Å². The van der Waals surface area contributed by atoms with E-state index in [0.717, 1.165) is 59.4 Å².